The lowest BCUT2D eigenvalue weighted by molar-refractivity contribution is 0.218. The summed E-state index contributed by atoms with van der Waals surface area (Å²) in [5, 5.41) is 9.21. The molecular formula is C17H14ClN3O2. The Labute approximate surface area is 138 Å². The van der Waals surface area contributed by atoms with Crippen LogP contribution in [0.2, 0.25) is 5.02 Å². The number of hydrogen-bond acceptors (Lipinski definition) is 5. The Bertz CT molecular complexity index is 798. The molecule has 1 aliphatic heterocycles. The van der Waals surface area contributed by atoms with Crippen LogP contribution in [0.1, 0.15) is 17.5 Å². The number of ether oxygens (including phenoxy) is 1. The normalized spacial score (nSPS) is 19.7. The first-order valence-corrected chi connectivity index (χ1v) is 7.52. The molecule has 1 atom stereocenters. The highest BCUT2D eigenvalue weighted by atomic mass is 35.5. The second-order valence-electron chi connectivity index (χ2n) is 5.29. The predicted molar refractivity (Wildman–Crippen MR) is 87.1 cm³/mol. The number of fused-ring (bicyclic) bond motifs is 1. The number of azo groups is 1. The van der Waals surface area contributed by atoms with Crippen LogP contribution in [-0.2, 0) is 10.5 Å². The number of rotatable bonds is 3. The first-order valence-electron chi connectivity index (χ1n) is 7.14. The SMILES string of the molecule is Cc1ccc2c(c1)C(N=C=O)(N=Nc1ccc(Cl)cc1)CCO2. The fraction of sp³-hybridized carbons (Fsp3) is 0.235. The van der Waals surface area contributed by atoms with Gasteiger partial charge in [0, 0.05) is 17.0 Å². The third kappa shape index (κ3) is 3.16. The summed E-state index contributed by atoms with van der Waals surface area (Å²) in [4.78, 5) is 14.9. The summed E-state index contributed by atoms with van der Waals surface area (Å²) >= 11 is 5.86. The van der Waals surface area contributed by atoms with Gasteiger partial charge in [0.25, 0.3) is 0 Å². The number of aliphatic imine (C=N–C) groups is 1. The summed E-state index contributed by atoms with van der Waals surface area (Å²) in [5.41, 5.74) is 1.29. The summed E-state index contributed by atoms with van der Waals surface area (Å²) in [5.74, 6) is 0.663. The molecule has 3 rings (SSSR count). The zero-order valence-corrected chi connectivity index (χ0v) is 13.2. The third-order valence-electron chi connectivity index (χ3n) is 3.66. The second-order valence-corrected chi connectivity index (χ2v) is 5.73. The molecule has 6 heteroatoms. The van der Waals surface area contributed by atoms with Crippen molar-refractivity contribution >= 4 is 23.4 Å². The Balaban J connectivity index is 2.06. The third-order valence-corrected chi connectivity index (χ3v) is 3.91. The van der Waals surface area contributed by atoms with Gasteiger partial charge in [-0.15, -0.1) is 0 Å². The van der Waals surface area contributed by atoms with Gasteiger partial charge in [-0.05, 0) is 43.3 Å². The van der Waals surface area contributed by atoms with Gasteiger partial charge in [0.1, 0.15) is 5.75 Å². The number of benzene rings is 2. The molecule has 0 fully saturated rings. The molecule has 1 unspecified atom stereocenters. The molecule has 1 heterocycles. The molecule has 0 amide bonds. The van der Waals surface area contributed by atoms with E-state index in [9.17, 15) is 4.79 Å². The van der Waals surface area contributed by atoms with E-state index in [-0.39, 0.29) is 0 Å². The van der Waals surface area contributed by atoms with Crippen molar-refractivity contribution in [1.29, 1.82) is 0 Å². The average Bonchev–Trinajstić information content (AvgIpc) is 2.55. The van der Waals surface area contributed by atoms with Gasteiger partial charge < -0.3 is 4.74 Å². The van der Waals surface area contributed by atoms with Gasteiger partial charge in [0.15, 0.2) is 0 Å². The van der Waals surface area contributed by atoms with E-state index in [4.69, 9.17) is 16.3 Å². The molecule has 0 aromatic heterocycles. The van der Waals surface area contributed by atoms with Gasteiger partial charge in [-0.1, -0.05) is 23.2 Å². The molecule has 0 spiro atoms. The van der Waals surface area contributed by atoms with E-state index in [0.717, 1.165) is 11.1 Å². The number of isocyanates is 1. The standard InChI is InChI=1S/C17H14ClN3O2/c1-12-2-7-16-15(10-12)17(19-11-22,8-9-23-16)21-20-14-5-3-13(18)4-6-14/h2-7,10H,8-9H2,1H3. The van der Waals surface area contributed by atoms with Crippen LogP contribution in [-0.4, -0.2) is 12.7 Å². The van der Waals surface area contributed by atoms with Crippen LogP contribution in [0.4, 0.5) is 5.69 Å². The largest absolute Gasteiger partial charge is 0.493 e. The molecule has 1 aliphatic rings. The Hall–Kier alpha value is -2.49. The van der Waals surface area contributed by atoms with E-state index in [0.29, 0.717) is 29.5 Å². The van der Waals surface area contributed by atoms with Gasteiger partial charge in [-0.3, -0.25) is 0 Å². The molecule has 0 bridgehead atoms. The number of carbonyl (C=O) groups excluding carboxylic acids is 1. The number of halogens is 1. The maximum atomic E-state index is 11.0. The molecule has 116 valence electrons. The van der Waals surface area contributed by atoms with Crippen LogP contribution in [0.25, 0.3) is 0 Å². The number of aryl methyl sites for hydroxylation is 1. The van der Waals surface area contributed by atoms with Crippen molar-refractivity contribution in [3.63, 3.8) is 0 Å². The molecule has 0 N–H and O–H groups in total. The molecule has 23 heavy (non-hydrogen) atoms. The Kier molecular flexibility index (Phi) is 4.24. The van der Waals surface area contributed by atoms with Crippen molar-refractivity contribution in [2.75, 3.05) is 6.61 Å². The summed E-state index contributed by atoms with van der Waals surface area (Å²) < 4.78 is 5.64. The minimum Gasteiger partial charge on any atom is -0.493 e. The van der Waals surface area contributed by atoms with Crippen molar-refractivity contribution in [3.8, 4) is 5.75 Å². The number of nitrogens with zero attached hydrogens (tertiary/aromatic N) is 3. The first kappa shape index (κ1) is 15.4. The molecule has 0 saturated carbocycles. The fourth-order valence-corrected chi connectivity index (χ4v) is 2.61. The second kappa shape index (κ2) is 6.32. The Morgan fingerprint density at radius 1 is 1.22 bits per heavy atom. The topological polar surface area (TPSA) is 63.4 Å². The molecular weight excluding hydrogens is 314 g/mol. The zero-order valence-electron chi connectivity index (χ0n) is 12.5. The van der Waals surface area contributed by atoms with Crippen molar-refractivity contribution in [3.05, 3.63) is 58.6 Å². The summed E-state index contributed by atoms with van der Waals surface area (Å²) in [7, 11) is 0. The lowest BCUT2D eigenvalue weighted by Gasteiger charge is -2.30. The number of hydrogen-bond donors (Lipinski definition) is 0. The van der Waals surface area contributed by atoms with E-state index in [1.165, 1.54) is 0 Å². The maximum absolute atomic E-state index is 11.0. The first-order chi connectivity index (χ1) is 11.1. The molecule has 2 aromatic carbocycles. The highest BCUT2D eigenvalue weighted by Gasteiger charge is 2.38. The van der Waals surface area contributed by atoms with Crippen LogP contribution in [0.15, 0.2) is 57.7 Å². The van der Waals surface area contributed by atoms with Crippen LogP contribution in [0.5, 0.6) is 5.75 Å². The van der Waals surface area contributed by atoms with Crippen molar-refractivity contribution in [2.24, 2.45) is 15.2 Å². The molecule has 0 aliphatic carbocycles. The molecule has 2 aromatic rings. The smallest absolute Gasteiger partial charge is 0.237 e. The van der Waals surface area contributed by atoms with E-state index < -0.39 is 5.66 Å². The van der Waals surface area contributed by atoms with Crippen LogP contribution >= 0.6 is 11.6 Å². The van der Waals surface area contributed by atoms with E-state index in [1.807, 2.05) is 25.1 Å². The van der Waals surface area contributed by atoms with Crippen LogP contribution < -0.4 is 4.74 Å². The van der Waals surface area contributed by atoms with E-state index >= 15 is 0 Å². The Morgan fingerprint density at radius 2 is 2.00 bits per heavy atom. The van der Waals surface area contributed by atoms with E-state index in [2.05, 4.69) is 15.2 Å². The monoisotopic (exact) mass is 327 g/mol. The van der Waals surface area contributed by atoms with Gasteiger partial charge in [-0.2, -0.15) is 15.2 Å². The van der Waals surface area contributed by atoms with Gasteiger partial charge in [0.2, 0.25) is 11.7 Å². The lowest BCUT2D eigenvalue weighted by Crippen LogP contribution is -2.29. The quantitative estimate of drug-likeness (QED) is 0.466. The summed E-state index contributed by atoms with van der Waals surface area (Å²) in [6.45, 7) is 2.36. The van der Waals surface area contributed by atoms with Crippen molar-refractivity contribution in [1.82, 2.24) is 0 Å². The maximum Gasteiger partial charge on any atom is 0.237 e. The van der Waals surface area contributed by atoms with Gasteiger partial charge >= 0.3 is 0 Å². The van der Waals surface area contributed by atoms with Crippen LogP contribution in [0, 0.1) is 6.92 Å². The lowest BCUT2D eigenvalue weighted by atomic mass is 9.93. The Morgan fingerprint density at radius 3 is 2.74 bits per heavy atom. The van der Waals surface area contributed by atoms with Crippen molar-refractivity contribution in [2.45, 2.75) is 19.0 Å². The predicted octanol–water partition coefficient (Wildman–Crippen LogP) is 4.70. The minimum atomic E-state index is -1.10. The zero-order chi connectivity index (χ0) is 16.3. The fourth-order valence-electron chi connectivity index (χ4n) is 2.49. The minimum absolute atomic E-state index is 0.404. The molecule has 0 radical (unpaired) electrons. The van der Waals surface area contributed by atoms with Gasteiger partial charge in [-0.25, -0.2) is 4.79 Å². The summed E-state index contributed by atoms with van der Waals surface area (Å²) in [6.07, 6.45) is 2.05. The van der Waals surface area contributed by atoms with E-state index in [1.54, 1.807) is 30.3 Å². The summed E-state index contributed by atoms with van der Waals surface area (Å²) in [6, 6.07) is 12.7. The highest BCUT2D eigenvalue weighted by Crippen LogP contribution is 2.42. The van der Waals surface area contributed by atoms with Crippen molar-refractivity contribution < 1.29 is 9.53 Å². The average molecular weight is 328 g/mol. The molecule has 0 saturated heterocycles. The van der Waals surface area contributed by atoms with Gasteiger partial charge in [0.05, 0.1) is 12.3 Å². The molecule has 5 nitrogen and oxygen atoms in total. The van der Waals surface area contributed by atoms with Crippen LogP contribution in [0.3, 0.4) is 0 Å². The highest BCUT2D eigenvalue weighted by molar-refractivity contribution is 6.30.